The van der Waals surface area contributed by atoms with Crippen LogP contribution in [0.4, 0.5) is 5.69 Å². The number of rotatable bonds is 8. The lowest BCUT2D eigenvalue weighted by Crippen LogP contribution is -2.48. The number of nitrogens with one attached hydrogen (secondary N) is 1. The van der Waals surface area contributed by atoms with Crippen molar-refractivity contribution in [2.24, 2.45) is 0 Å². The molecule has 2 aromatic rings. The fourth-order valence-electron chi connectivity index (χ4n) is 2.94. The van der Waals surface area contributed by atoms with Gasteiger partial charge in [-0.3, -0.25) is 9.10 Å². The zero-order chi connectivity index (χ0) is 20.9. The predicted molar refractivity (Wildman–Crippen MR) is 112 cm³/mol. The number of nitrogens with zero attached hydrogens (tertiary/aromatic N) is 1. The molecule has 1 N–H and O–H groups in total. The van der Waals surface area contributed by atoms with E-state index in [1.807, 2.05) is 45.0 Å². The lowest BCUT2D eigenvalue weighted by molar-refractivity contribution is -0.121. The zero-order valence-corrected chi connectivity index (χ0v) is 17.8. The van der Waals surface area contributed by atoms with Gasteiger partial charge in [-0.15, -0.1) is 0 Å². The van der Waals surface area contributed by atoms with Gasteiger partial charge < -0.3 is 10.1 Å². The number of carbonyl (C=O) groups excluding carboxylic acids is 1. The number of hydrogen-bond acceptors (Lipinski definition) is 4. The monoisotopic (exact) mass is 404 g/mol. The third kappa shape index (κ3) is 5.48. The Hall–Kier alpha value is -2.54. The topological polar surface area (TPSA) is 75.7 Å². The standard InChI is InChI=1S/C21H28N2O4S/c1-15-8-6-10-19(14-15)23(28(5,25)26)18(4)21(24)22-12-13-27-20-11-7-9-16(2)17(20)3/h6-11,14,18H,12-13H2,1-5H3,(H,22,24)/t18-/m0/s1. The molecule has 0 saturated heterocycles. The number of benzene rings is 2. The second-order valence-corrected chi connectivity index (χ2v) is 8.77. The van der Waals surface area contributed by atoms with Crippen molar-refractivity contribution >= 4 is 21.6 Å². The van der Waals surface area contributed by atoms with E-state index in [2.05, 4.69) is 5.32 Å². The third-order valence-electron chi connectivity index (χ3n) is 4.56. The Balaban J connectivity index is 2.00. The Morgan fingerprint density at radius 3 is 2.46 bits per heavy atom. The summed E-state index contributed by atoms with van der Waals surface area (Å²) in [6.45, 7) is 8.02. The molecular weight excluding hydrogens is 376 g/mol. The minimum Gasteiger partial charge on any atom is -0.491 e. The Bertz CT molecular complexity index is 941. The van der Waals surface area contributed by atoms with Gasteiger partial charge in [0.05, 0.1) is 18.5 Å². The van der Waals surface area contributed by atoms with E-state index in [9.17, 15) is 13.2 Å². The molecule has 1 amide bonds. The molecule has 28 heavy (non-hydrogen) atoms. The van der Waals surface area contributed by atoms with E-state index in [1.165, 1.54) is 0 Å². The highest BCUT2D eigenvalue weighted by Crippen LogP contribution is 2.22. The van der Waals surface area contributed by atoms with Crippen LogP contribution in [0, 0.1) is 20.8 Å². The number of ether oxygens (including phenoxy) is 1. The van der Waals surface area contributed by atoms with Gasteiger partial charge in [0.15, 0.2) is 0 Å². The molecule has 0 saturated carbocycles. The largest absolute Gasteiger partial charge is 0.491 e. The van der Waals surface area contributed by atoms with Crippen molar-refractivity contribution in [3.05, 3.63) is 59.2 Å². The maximum Gasteiger partial charge on any atom is 0.243 e. The second-order valence-electron chi connectivity index (χ2n) is 6.91. The average Bonchev–Trinajstić information content (AvgIpc) is 2.60. The maximum atomic E-state index is 12.5. The van der Waals surface area contributed by atoms with E-state index in [0.29, 0.717) is 12.3 Å². The van der Waals surface area contributed by atoms with Crippen LogP contribution in [0.25, 0.3) is 0 Å². The normalized spacial score (nSPS) is 12.3. The van der Waals surface area contributed by atoms with Gasteiger partial charge in [-0.2, -0.15) is 0 Å². The second kappa shape index (κ2) is 9.10. The summed E-state index contributed by atoms with van der Waals surface area (Å²) in [6.07, 6.45) is 1.10. The van der Waals surface area contributed by atoms with Crippen molar-refractivity contribution in [1.29, 1.82) is 0 Å². The molecule has 1 atom stereocenters. The number of hydrogen-bond donors (Lipinski definition) is 1. The first-order valence-electron chi connectivity index (χ1n) is 9.14. The molecule has 0 aliphatic heterocycles. The fraction of sp³-hybridized carbons (Fsp3) is 0.381. The smallest absolute Gasteiger partial charge is 0.243 e. The molecule has 0 heterocycles. The van der Waals surface area contributed by atoms with Gasteiger partial charge in [0.2, 0.25) is 15.9 Å². The number of carbonyl (C=O) groups is 1. The van der Waals surface area contributed by atoms with Crippen LogP contribution in [0.1, 0.15) is 23.6 Å². The maximum absolute atomic E-state index is 12.5. The molecule has 0 aromatic heterocycles. The van der Waals surface area contributed by atoms with Crippen molar-refractivity contribution < 1.29 is 17.9 Å². The molecule has 0 radical (unpaired) electrons. The van der Waals surface area contributed by atoms with Gasteiger partial charge in [-0.05, 0) is 62.6 Å². The van der Waals surface area contributed by atoms with Crippen LogP contribution in [0.15, 0.2) is 42.5 Å². The summed E-state index contributed by atoms with van der Waals surface area (Å²) < 4.78 is 31.5. The molecule has 0 fully saturated rings. The van der Waals surface area contributed by atoms with Crippen molar-refractivity contribution in [2.45, 2.75) is 33.7 Å². The highest BCUT2D eigenvalue weighted by Gasteiger charge is 2.28. The van der Waals surface area contributed by atoms with Crippen molar-refractivity contribution in [2.75, 3.05) is 23.7 Å². The summed E-state index contributed by atoms with van der Waals surface area (Å²) in [5, 5.41) is 2.75. The van der Waals surface area contributed by atoms with E-state index in [0.717, 1.165) is 33.0 Å². The summed E-state index contributed by atoms with van der Waals surface area (Å²) in [5.74, 6) is 0.399. The summed E-state index contributed by atoms with van der Waals surface area (Å²) >= 11 is 0. The molecular formula is C21H28N2O4S. The average molecular weight is 405 g/mol. The number of aryl methyl sites for hydroxylation is 2. The van der Waals surface area contributed by atoms with E-state index < -0.39 is 16.1 Å². The molecule has 0 aliphatic carbocycles. The SMILES string of the molecule is Cc1cccc(N([C@@H](C)C(=O)NCCOc2cccc(C)c2C)S(C)(=O)=O)c1. The Kier molecular flexibility index (Phi) is 7.07. The number of anilines is 1. The summed E-state index contributed by atoms with van der Waals surface area (Å²) in [7, 11) is -3.62. The minimum atomic E-state index is -3.62. The van der Waals surface area contributed by atoms with Crippen LogP contribution < -0.4 is 14.4 Å². The molecule has 0 aliphatic rings. The summed E-state index contributed by atoms with van der Waals surface area (Å²) in [5.41, 5.74) is 3.58. The van der Waals surface area contributed by atoms with Crippen molar-refractivity contribution in [3.8, 4) is 5.75 Å². The lowest BCUT2D eigenvalue weighted by Gasteiger charge is -2.28. The third-order valence-corrected chi connectivity index (χ3v) is 5.80. The molecule has 6 nitrogen and oxygen atoms in total. The van der Waals surface area contributed by atoms with Crippen LogP contribution in [0.5, 0.6) is 5.75 Å². The van der Waals surface area contributed by atoms with E-state index in [-0.39, 0.29) is 12.5 Å². The zero-order valence-electron chi connectivity index (χ0n) is 17.0. The first kappa shape index (κ1) is 21.8. The van der Waals surface area contributed by atoms with Gasteiger partial charge in [0.1, 0.15) is 18.4 Å². The van der Waals surface area contributed by atoms with E-state index >= 15 is 0 Å². The minimum absolute atomic E-state index is 0.280. The van der Waals surface area contributed by atoms with Crippen LogP contribution >= 0.6 is 0 Å². The van der Waals surface area contributed by atoms with E-state index in [4.69, 9.17) is 4.74 Å². The van der Waals surface area contributed by atoms with Crippen LogP contribution in [-0.2, 0) is 14.8 Å². The summed E-state index contributed by atoms with van der Waals surface area (Å²) in [4.78, 5) is 12.5. The summed E-state index contributed by atoms with van der Waals surface area (Å²) in [6, 6.07) is 12.0. The van der Waals surface area contributed by atoms with Gasteiger partial charge in [-0.25, -0.2) is 8.42 Å². The molecule has 152 valence electrons. The molecule has 0 unspecified atom stereocenters. The van der Waals surface area contributed by atoms with Gasteiger partial charge in [0, 0.05) is 0 Å². The Labute approximate surface area is 167 Å². The highest BCUT2D eigenvalue weighted by atomic mass is 32.2. The van der Waals surface area contributed by atoms with Crippen molar-refractivity contribution in [1.82, 2.24) is 5.32 Å². The first-order chi connectivity index (χ1) is 13.1. The number of sulfonamides is 1. The van der Waals surface area contributed by atoms with E-state index in [1.54, 1.807) is 25.1 Å². The molecule has 0 spiro atoms. The van der Waals surface area contributed by atoms with Gasteiger partial charge in [-0.1, -0.05) is 24.3 Å². The molecule has 7 heteroatoms. The molecule has 0 bridgehead atoms. The fourth-order valence-corrected chi connectivity index (χ4v) is 4.10. The number of amides is 1. The van der Waals surface area contributed by atoms with Gasteiger partial charge >= 0.3 is 0 Å². The predicted octanol–water partition coefficient (Wildman–Crippen LogP) is 2.96. The Morgan fingerprint density at radius 1 is 1.14 bits per heavy atom. The first-order valence-corrected chi connectivity index (χ1v) is 11.0. The van der Waals surface area contributed by atoms with Crippen LogP contribution in [0.2, 0.25) is 0 Å². The lowest BCUT2D eigenvalue weighted by atomic mass is 10.1. The van der Waals surface area contributed by atoms with Crippen LogP contribution in [-0.4, -0.2) is 39.8 Å². The molecule has 2 aromatic carbocycles. The highest BCUT2D eigenvalue weighted by molar-refractivity contribution is 7.92. The van der Waals surface area contributed by atoms with Crippen molar-refractivity contribution in [3.63, 3.8) is 0 Å². The Morgan fingerprint density at radius 2 is 1.82 bits per heavy atom. The van der Waals surface area contributed by atoms with Crippen LogP contribution in [0.3, 0.4) is 0 Å². The molecule has 2 rings (SSSR count). The van der Waals surface area contributed by atoms with Gasteiger partial charge in [0.25, 0.3) is 0 Å². The quantitative estimate of drug-likeness (QED) is 0.687.